The van der Waals surface area contributed by atoms with Crippen LogP contribution in [0.25, 0.3) is 0 Å². The van der Waals surface area contributed by atoms with Crippen LogP contribution in [0, 0.1) is 5.82 Å². The second-order valence-corrected chi connectivity index (χ2v) is 4.64. The molecule has 1 heterocycles. The second-order valence-electron chi connectivity index (χ2n) is 4.64. The van der Waals surface area contributed by atoms with Crippen LogP contribution in [0.5, 0.6) is 0 Å². The lowest BCUT2D eigenvalue weighted by Gasteiger charge is -2.12. The van der Waals surface area contributed by atoms with E-state index in [4.69, 9.17) is 0 Å². The zero-order chi connectivity index (χ0) is 15.2. The Morgan fingerprint density at radius 2 is 2.33 bits per heavy atom. The minimum atomic E-state index is -1.37. The van der Waals surface area contributed by atoms with Crippen LogP contribution in [-0.2, 0) is 17.8 Å². The Hall–Kier alpha value is -2.21. The second kappa shape index (κ2) is 6.99. The van der Waals surface area contributed by atoms with Gasteiger partial charge in [0.2, 0.25) is 0 Å². The molecule has 6 heteroatoms. The quantitative estimate of drug-likeness (QED) is 0.846. The summed E-state index contributed by atoms with van der Waals surface area (Å²) in [6.45, 7) is 2.95. The van der Waals surface area contributed by atoms with Gasteiger partial charge in [-0.15, -0.1) is 0 Å². The predicted molar refractivity (Wildman–Crippen MR) is 76.0 cm³/mol. The molecule has 0 saturated heterocycles. The van der Waals surface area contributed by atoms with Gasteiger partial charge in [-0.3, -0.25) is 4.79 Å². The molecule has 0 aliphatic rings. The van der Waals surface area contributed by atoms with Crippen molar-refractivity contribution >= 4 is 5.91 Å². The number of hydrogen-bond acceptors (Lipinski definition) is 3. The van der Waals surface area contributed by atoms with Gasteiger partial charge in [0, 0.05) is 31.9 Å². The van der Waals surface area contributed by atoms with E-state index in [1.807, 2.05) is 17.7 Å². The summed E-state index contributed by atoms with van der Waals surface area (Å²) in [5, 5.41) is 12.5. The Bertz CT molecular complexity index is 612. The zero-order valence-electron chi connectivity index (χ0n) is 11.8. The highest BCUT2D eigenvalue weighted by Gasteiger charge is 2.17. The molecule has 0 aliphatic heterocycles. The number of aliphatic hydroxyl groups is 1. The van der Waals surface area contributed by atoms with Gasteiger partial charge in [-0.2, -0.15) is 0 Å². The molecule has 0 radical (unpaired) electrons. The SMILES string of the molecule is CCc1nccn1CCNC(=O)[C@@H](O)c1cccc(F)c1. The van der Waals surface area contributed by atoms with Gasteiger partial charge in [0.1, 0.15) is 11.6 Å². The van der Waals surface area contributed by atoms with Gasteiger partial charge in [-0.25, -0.2) is 9.37 Å². The van der Waals surface area contributed by atoms with Gasteiger partial charge < -0.3 is 15.0 Å². The number of halogens is 1. The number of nitrogens with one attached hydrogen (secondary N) is 1. The molecule has 2 rings (SSSR count). The van der Waals surface area contributed by atoms with Crippen LogP contribution in [0.15, 0.2) is 36.7 Å². The third-order valence-corrected chi connectivity index (χ3v) is 3.18. The van der Waals surface area contributed by atoms with Crippen LogP contribution in [0.3, 0.4) is 0 Å². The van der Waals surface area contributed by atoms with E-state index < -0.39 is 17.8 Å². The molecule has 1 aromatic carbocycles. The molecular weight excluding hydrogens is 273 g/mol. The normalized spacial score (nSPS) is 12.1. The first-order chi connectivity index (χ1) is 10.1. The maximum atomic E-state index is 13.1. The standard InChI is InChI=1S/C15H18FN3O2/c1-2-13-17-6-8-19(13)9-7-18-15(21)14(20)11-4-3-5-12(16)10-11/h3-6,8,10,14,20H,2,7,9H2,1H3,(H,18,21)/t14-/m0/s1. The molecule has 0 bridgehead atoms. The summed E-state index contributed by atoms with van der Waals surface area (Å²) in [4.78, 5) is 16.0. The fourth-order valence-electron chi connectivity index (χ4n) is 2.08. The lowest BCUT2D eigenvalue weighted by Crippen LogP contribution is -2.32. The number of hydrogen-bond donors (Lipinski definition) is 2. The number of aryl methyl sites for hydroxylation is 1. The number of carbonyl (C=O) groups is 1. The Morgan fingerprint density at radius 3 is 3.05 bits per heavy atom. The van der Waals surface area contributed by atoms with Gasteiger partial charge >= 0.3 is 0 Å². The highest BCUT2D eigenvalue weighted by Crippen LogP contribution is 2.13. The molecule has 0 unspecified atom stereocenters. The highest BCUT2D eigenvalue weighted by molar-refractivity contribution is 5.81. The van der Waals surface area contributed by atoms with E-state index in [0.717, 1.165) is 18.3 Å². The Labute approximate surface area is 122 Å². The van der Waals surface area contributed by atoms with Crippen molar-refractivity contribution in [2.75, 3.05) is 6.54 Å². The fraction of sp³-hybridized carbons (Fsp3) is 0.333. The summed E-state index contributed by atoms with van der Waals surface area (Å²) < 4.78 is 15.0. The maximum absolute atomic E-state index is 13.1. The van der Waals surface area contributed by atoms with E-state index in [-0.39, 0.29) is 5.56 Å². The Kier molecular flexibility index (Phi) is 5.05. The minimum Gasteiger partial charge on any atom is -0.378 e. The van der Waals surface area contributed by atoms with Crippen LogP contribution in [-0.4, -0.2) is 27.1 Å². The van der Waals surface area contributed by atoms with Crippen LogP contribution in [0.4, 0.5) is 4.39 Å². The highest BCUT2D eigenvalue weighted by atomic mass is 19.1. The molecule has 0 aliphatic carbocycles. The molecule has 5 nitrogen and oxygen atoms in total. The maximum Gasteiger partial charge on any atom is 0.253 e. The molecule has 0 fully saturated rings. The van der Waals surface area contributed by atoms with Crippen LogP contribution in [0.1, 0.15) is 24.4 Å². The van der Waals surface area contributed by atoms with E-state index in [2.05, 4.69) is 10.3 Å². The van der Waals surface area contributed by atoms with Crippen molar-refractivity contribution in [3.63, 3.8) is 0 Å². The summed E-state index contributed by atoms with van der Waals surface area (Å²) in [6.07, 6.45) is 3.00. The van der Waals surface area contributed by atoms with Gasteiger partial charge in [0.25, 0.3) is 5.91 Å². The molecule has 21 heavy (non-hydrogen) atoms. The van der Waals surface area contributed by atoms with Crippen molar-refractivity contribution in [2.45, 2.75) is 26.0 Å². The first-order valence-corrected chi connectivity index (χ1v) is 6.83. The third kappa shape index (κ3) is 3.88. The molecule has 112 valence electrons. The number of carbonyl (C=O) groups excluding carboxylic acids is 1. The van der Waals surface area contributed by atoms with Gasteiger partial charge in [0.05, 0.1) is 0 Å². The van der Waals surface area contributed by atoms with Crippen LogP contribution in [0.2, 0.25) is 0 Å². The summed E-state index contributed by atoms with van der Waals surface area (Å²) in [5.74, 6) is -0.0842. The smallest absolute Gasteiger partial charge is 0.253 e. The lowest BCUT2D eigenvalue weighted by molar-refractivity contribution is -0.129. The number of rotatable bonds is 6. The number of amides is 1. The van der Waals surface area contributed by atoms with Crippen molar-refractivity contribution in [1.82, 2.24) is 14.9 Å². The molecule has 1 atom stereocenters. The molecule has 1 amide bonds. The number of aromatic nitrogens is 2. The first-order valence-electron chi connectivity index (χ1n) is 6.83. The molecule has 0 spiro atoms. The fourth-order valence-corrected chi connectivity index (χ4v) is 2.08. The van der Waals surface area contributed by atoms with Crippen LogP contribution >= 0.6 is 0 Å². The number of imidazole rings is 1. The van der Waals surface area contributed by atoms with Crippen molar-refractivity contribution < 1.29 is 14.3 Å². The molecule has 0 saturated carbocycles. The molecule has 2 aromatic rings. The number of nitrogens with zero attached hydrogens (tertiary/aromatic N) is 2. The zero-order valence-corrected chi connectivity index (χ0v) is 11.8. The average molecular weight is 291 g/mol. The van der Waals surface area contributed by atoms with E-state index >= 15 is 0 Å². The van der Waals surface area contributed by atoms with Crippen molar-refractivity contribution in [3.8, 4) is 0 Å². The monoisotopic (exact) mass is 291 g/mol. The summed E-state index contributed by atoms with van der Waals surface area (Å²) in [6, 6.07) is 5.38. The Morgan fingerprint density at radius 1 is 1.52 bits per heavy atom. The number of benzene rings is 1. The molecule has 1 aromatic heterocycles. The van der Waals surface area contributed by atoms with E-state index in [1.54, 1.807) is 6.20 Å². The van der Waals surface area contributed by atoms with E-state index in [0.29, 0.717) is 13.1 Å². The van der Waals surface area contributed by atoms with Crippen molar-refractivity contribution in [1.29, 1.82) is 0 Å². The van der Waals surface area contributed by atoms with E-state index in [9.17, 15) is 14.3 Å². The largest absolute Gasteiger partial charge is 0.378 e. The van der Waals surface area contributed by atoms with Crippen LogP contribution < -0.4 is 5.32 Å². The topological polar surface area (TPSA) is 67.2 Å². The molecular formula is C15H18FN3O2. The molecule has 2 N–H and O–H groups in total. The van der Waals surface area contributed by atoms with Gasteiger partial charge in [-0.05, 0) is 17.7 Å². The first kappa shape index (κ1) is 15.2. The lowest BCUT2D eigenvalue weighted by atomic mass is 10.1. The summed E-state index contributed by atoms with van der Waals surface area (Å²) in [7, 11) is 0. The van der Waals surface area contributed by atoms with Crippen molar-refractivity contribution in [3.05, 3.63) is 53.9 Å². The Balaban J connectivity index is 1.87. The van der Waals surface area contributed by atoms with Gasteiger partial charge in [-0.1, -0.05) is 19.1 Å². The minimum absolute atomic E-state index is 0.240. The van der Waals surface area contributed by atoms with E-state index in [1.165, 1.54) is 18.2 Å². The van der Waals surface area contributed by atoms with Gasteiger partial charge in [0.15, 0.2) is 6.10 Å². The third-order valence-electron chi connectivity index (χ3n) is 3.18. The summed E-state index contributed by atoms with van der Waals surface area (Å²) >= 11 is 0. The number of aliphatic hydroxyl groups excluding tert-OH is 1. The predicted octanol–water partition coefficient (Wildman–Crippen LogP) is 1.43. The van der Waals surface area contributed by atoms with Crippen molar-refractivity contribution in [2.24, 2.45) is 0 Å². The average Bonchev–Trinajstić information content (AvgIpc) is 2.93. The summed E-state index contributed by atoms with van der Waals surface area (Å²) in [5.41, 5.74) is 0.240.